The fraction of sp³-hybridized carbons (Fsp3) is 0.286. The molecule has 0 aliphatic rings. The molecule has 2 nitrogen and oxygen atoms in total. The van der Waals surface area contributed by atoms with Crippen LogP contribution in [-0.4, -0.2) is 9.97 Å². The first kappa shape index (κ1) is 13.3. The highest BCUT2D eigenvalue weighted by atomic mass is 35.5. The molecule has 0 N–H and O–H groups in total. The van der Waals surface area contributed by atoms with Crippen molar-refractivity contribution in [3.05, 3.63) is 46.0 Å². The lowest BCUT2D eigenvalue weighted by Gasteiger charge is -2.10. The Morgan fingerprint density at radius 3 is 1.89 bits per heavy atom. The topological polar surface area (TPSA) is 25.8 Å². The van der Waals surface area contributed by atoms with Gasteiger partial charge in [-0.1, -0.05) is 66.9 Å². The number of hydrogen-bond acceptors (Lipinski definition) is 2. The Hall–Kier alpha value is -1.12. The molecule has 0 atom stereocenters. The summed E-state index contributed by atoms with van der Waals surface area (Å²) in [6, 6.07) is 7.97. The number of benzene rings is 1. The minimum Gasteiger partial charge on any atom is -0.220 e. The second kappa shape index (κ2) is 5.25. The maximum absolute atomic E-state index is 6.22. The average Bonchev–Trinajstić information content (AvgIpc) is 2.30. The van der Waals surface area contributed by atoms with Crippen molar-refractivity contribution < 1.29 is 0 Å². The van der Waals surface area contributed by atoms with E-state index in [1.165, 1.54) is 5.56 Å². The Morgan fingerprint density at radius 1 is 0.944 bits per heavy atom. The Bertz CT molecular complexity index is 540. The number of nitrogens with zero attached hydrogens (tertiary/aromatic N) is 2. The minimum atomic E-state index is 0.201. The Labute approximate surface area is 117 Å². The molecule has 0 saturated carbocycles. The van der Waals surface area contributed by atoms with Gasteiger partial charge in [0.25, 0.3) is 0 Å². The van der Waals surface area contributed by atoms with E-state index in [2.05, 4.69) is 9.97 Å². The van der Waals surface area contributed by atoms with Crippen LogP contribution in [0.15, 0.2) is 24.3 Å². The summed E-state index contributed by atoms with van der Waals surface area (Å²) in [4.78, 5) is 8.60. The van der Waals surface area contributed by atoms with Gasteiger partial charge in [-0.2, -0.15) is 0 Å². The molecule has 1 aromatic heterocycles. The first-order valence-corrected chi connectivity index (χ1v) is 6.54. The summed E-state index contributed by atoms with van der Waals surface area (Å²) < 4.78 is 0. The van der Waals surface area contributed by atoms with Crippen LogP contribution < -0.4 is 0 Å². The molecule has 0 aliphatic carbocycles. The van der Waals surface area contributed by atoms with Gasteiger partial charge in [-0.3, -0.25) is 0 Å². The van der Waals surface area contributed by atoms with E-state index in [4.69, 9.17) is 23.2 Å². The van der Waals surface area contributed by atoms with Crippen LogP contribution in [0.1, 0.15) is 31.2 Å². The van der Waals surface area contributed by atoms with Crippen LogP contribution in [0.3, 0.4) is 0 Å². The van der Waals surface area contributed by atoms with E-state index < -0.39 is 0 Å². The highest BCUT2D eigenvalue weighted by Crippen LogP contribution is 2.33. The van der Waals surface area contributed by atoms with Crippen LogP contribution in [0.25, 0.3) is 11.1 Å². The molecular weight excluding hydrogens is 267 g/mol. The van der Waals surface area contributed by atoms with Crippen molar-refractivity contribution in [1.29, 1.82) is 0 Å². The highest BCUT2D eigenvalue weighted by Gasteiger charge is 2.14. The Morgan fingerprint density at radius 2 is 1.44 bits per heavy atom. The van der Waals surface area contributed by atoms with E-state index >= 15 is 0 Å². The van der Waals surface area contributed by atoms with Crippen molar-refractivity contribution >= 4 is 23.2 Å². The molecule has 0 bridgehead atoms. The van der Waals surface area contributed by atoms with Crippen LogP contribution in [-0.2, 0) is 0 Å². The van der Waals surface area contributed by atoms with Gasteiger partial charge in [0.1, 0.15) is 16.1 Å². The van der Waals surface area contributed by atoms with Crippen molar-refractivity contribution in [2.75, 3.05) is 0 Å². The van der Waals surface area contributed by atoms with E-state index in [1.54, 1.807) is 0 Å². The van der Waals surface area contributed by atoms with E-state index in [9.17, 15) is 0 Å². The monoisotopic (exact) mass is 280 g/mol. The van der Waals surface area contributed by atoms with E-state index in [-0.39, 0.29) is 5.92 Å². The molecule has 0 amide bonds. The molecule has 0 radical (unpaired) electrons. The van der Waals surface area contributed by atoms with E-state index in [0.29, 0.717) is 21.7 Å². The predicted octanol–water partition coefficient (Wildman–Crippen LogP) is 4.88. The first-order valence-electron chi connectivity index (χ1n) is 5.79. The molecule has 94 valence electrons. The van der Waals surface area contributed by atoms with Gasteiger partial charge in [-0.15, -0.1) is 0 Å². The number of aryl methyl sites for hydroxylation is 1. The van der Waals surface area contributed by atoms with Crippen molar-refractivity contribution in [2.24, 2.45) is 0 Å². The lowest BCUT2D eigenvalue weighted by Crippen LogP contribution is -2.00. The van der Waals surface area contributed by atoms with Crippen molar-refractivity contribution in [2.45, 2.75) is 26.7 Å². The molecule has 0 spiro atoms. The number of hydrogen-bond donors (Lipinski definition) is 0. The summed E-state index contributed by atoms with van der Waals surface area (Å²) in [6.45, 7) is 6.05. The quantitative estimate of drug-likeness (QED) is 0.733. The fourth-order valence-corrected chi connectivity index (χ4v) is 2.26. The van der Waals surface area contributed by atoms with E-state index in [1.807, 2.05) is 45.0 Å². The third kappa shape index (κ3) is 2.65. The van der Waals surface area contributed by atoms with Crippen LogP contribution >= 0.6 is 23.2 Å². The zero-order valence-corrected chi connectivity index (χ0v) is 12.0. The number of aromatic nitrogens is 2. The molecule has 0 aliphatic heterocycles. The summed E-state index contributed by atoms with van der Waals surface area (Å²) in [7, 11) is 0. The first-order chi connectivity index (χ1) is 8.49. The summed E-state index contributed by atoms with van der Waals surface area (Å²) in [6.07, 6.45) is 0. The second-order valence-corrected chi connectivity index (χ2v) is 5.28. The van der Waals surface area contributed by atoms with Gasteiger partial charge in [0.2, 0.25) is 0 Å². The molecule has 0 unspecified atom stereocenters. The lowest BCUT2D eigenvalue weighted by molar-refractivity contribution is 0.775. The smallest absolute Gasteiger partial charge is 0.142 e. The molecule has 0 fully saturated rings. The van der Waals surface area contributed by atoms with Crippen molar-refractivity contribution in [1.82, 2.24) is 9.97 Å². The van der Waals surface area contributed by atoms with E-state index in [0.717, 1.165) is 5.56 Å². The number of rotatable bonds is 2. The molecular formula is C14H14Cl2N2. The molecule has 0 saturated heterocycles. The van der Waals surface area contributed by atoms with Crippen LogP contribution in [0.4, 0.5) is 0 Å². The molecule has 1 heterocycles. The standard InChI is InChI=1S/C14H14Cl2N2/c1-8(2)14-17-12(15)11(13(16)18-14)10-6-4-9(3)5-7-10/h4-8H,1-3H3. The van der Waals surface area contributed by atoms with Gasteiger partial charge >= 0.3 is 0 Å². The summed E-state index contributed by atoms with van der Waals surface area (Å²) in [5.74, 6) is 0.868. The predicted molar refractivity (Wildman–Crippen MR) is 76.3 cm³/mol. The lowest BCUT2D eigenvalue weighted by atomic mass is 10.1. The average molecular weight is 281 g/mol. The number of halogens is 2. The third-order valence-electron chi connectivity index (χ3n) is 2.69. The highest BCUT2D eigenvalue weighted by molar-refractivity contribution is 6.37. The fourth-order valence-electron chi connectivity index (χ4n) is 1.64. The molecule has 18 heavy (non-hydrogen) atoms. The largest absolute Gasteiger partial charge is 0.220 e. The maximum Gasteiger partial charge on any atom is 0.142 e. The minimum absolute atomic E-state index is 0.201. The van der Waals surface area contributed by atoms with Crippen molar-refractivity contribution in [3.63, 3.8) is 0 Å². The van der Waals surface area contributed by atoms with Gasteiger partial charge in [0, 0.05) is 5.92 Å². The molecule has 1 aromatic carbocycles. The summed E-state index contributed by atoms with van der Waals surface area (Å²) >= 11 is 12.4. The Balaban J connectivity index is 2.55. The normalized spacial score (nSPS) is 11.0. The summed E-state index contributed by atoms with van der Waals surface area (Å²) in [5, 5.41) is 0.810. The maximum atomic E-state index is 6.22. The summed E-state index contributed by atoms with van der Waals surface area (Å²) in [5.41, 5.74) is 2.82. The van der Waals surface area contributed by atoms with Gasteiger partial charge in [0.05, 0.1) is 5.56 Å². The SMILES string of the molecule is Cc1ccc(-c2c(Cl)nc(C(C)C)nc2Cl)cc1. The Kier molecular flexibility index (Phi) is 3.88. The second-order valence-electron chi connectivity index (χ2n) is 4.56. The van der Waals surface area contributed by atoms with Gasteiger partial charge < -0.3 is 0 Å². The van der Waals surface area contributed by atoms with Gasteiger partial charge in [-0.05, 0) is 12.5 Å². The van der Waals surface area contributed by atoms with Gasteiger partial charge in [0.15, 0.2) is 0 Å². The zero-order chi connectivity index (χ0) is 13.3. The zero-order valence-electron chi connectivity index (χ0n) is 10.5. The third-order valence-corrected chi connectivity index (χ3v) is 3.24. The van der Waals surface area contributed by atoms with Crippen LogP contribution in [0.5, 0.6) is 0 Å². The van der Waals surface area contributed by atoms with Crippen LogP contribution in [0, 0.1) is 6.92 Å². The molecule has 2 aromatic rings. The van der Waals surface area contributed by atoms with Crippen LogP contribution in [0.2, 0.25) is 10.3 Å². The molecule has 2 rings (SSSR count). The molecule has 4 heteroatoms. The van der Waals surface area contributed by atoms with Crippen molar-refractivity contribution in [3.8, 4) is 11.1 Å². The van der Waals surface area contributed by atoms with Gasteiger partial charge in [-0.25, -0.2) is 9.97 Å².